The Labute approximate surface area is 123 Å². The van der Waals surface area contributed by atoms with Gasteiger partial charge in [-0.05, 0) is 31.2 Å². The Bertz CT molecular complexity index is 748. The molecule has 0 bridgehead atoms. The van der Waals surface area contributed by atoms with Crippen LogP contribution in [0.15, 0.2) is 48.5 Å². The molecule has 0 aliphatic heterocycles. The second-order valence-corrected chi connectivity index (χ2v) is 6.05. The first kappa shape index (κ1) is 13.1. The number of phenolic OH excluding ortho intramolecular Hbond substituents is 1. The Morgan fingerprint density at radius 2 is 1.80 bits per heavy atom. The van der Waals surface area contributed by atoms with Crippen molar-refractivity contribution in [2.45, 2.75) is 26.3 Å². The number of aromatic nitrogens is 1. The molecule has 0 spiro atoms. The fourth-order valence-electron chi connectivity index (χ4n) is 2.43. The van der Waals surface area contributed by atoms with E-state index in [2.05, 4.69) is 42.1 Å². The van der Waals surface area contributed by atoms with E-state index in [4.69, 9.17) is 0 Å². The molecule has 102 valence electrons. The number of rotatable bonds is 3. The first-order valence-corrected chi connectivity index (χ1v) is 7.71. The van der Waals surface area contributed by atoms with Gasteiger partial charge in [-0.25, -0.2) is 0 Å². The molecule has 3 aromatic rings. The zero-order chi connectivity index (χ0) is 14.1. The van der Waals surface area contributed by atoms with Gasteiger partial charge in [0.1, 0.15) is 22.0 Å². The zero-order valence-electron chi connectivity index (χ0n) is 11.7. The molecule has 0 saturated heterocycles. The van der Waals surface area contributed by atoms with Crippen molar-refractivity contribution in [1.29, 1.82) is 0 Å². The fraction of sp³-hybridized carbons (Fsp3) is 0.235. The summed E-state index contributed by atoms with van der Waals surface area (Å²) in [6.45, 7) is 4.41. The van der Waals surface area contributed by atoms with Gasteiger partial charge in [0.25, 0.3) is 0 Å². The van der Waals surface area contributed by atoms with E-state index in [1.165, 1.54) is 10.1 Å². The molecular formula is C17H18NOS+. The molecule has 1 unspecified atom stereocenters. The van der Waals surface area contributed by atoms with E-state index in [9.17, 15) is 5.11 Å². The van der Waals surface area contributed by atoms with Crippen LogP contribution in [0.5, 0.6) is 5.75 Å². The average Bonchev–Trinajstić information content (AvgIpc) is 2.86. The maximum absolute atomic E-state index is 10.2. The fourth-order valence-corrected chi connectivity index (χ4v) is 3.66. The minimum absolute atomic E-state index is 0.341. The zero-order valence-corrected chi connectivity index (χ0v) is 12.5. The van der Waals surface area contributed by atoms with Crippen molar-refractivity contribution in [3.05, 3.63) is 48.5 Å². The summed E-state index contributed by atoms with van der Waals surface area (Å²) in [4.78, 5) is 0. The average molecular weight is 284 g/mol. The van der Waals surface area contributed by atoms with Crippen molar-refractivity contribution >= 4 is 21.6 Å². The molecule has 0 amide bonds. The van der Waals surface area contributed by atoms with Crippen LogP contribution in [0.1, 0.15) is 26.3 Å². The van der Waals surface area contributed by atoms with Crippen LogP contribution in [0.2, 0.25) is 0 Å². The van der Waals surface area contributed by atoms with Gasteiger partial charge in [0.2, 0.25) is 5.69 Å². The van der Waals surface area contributed by atoms with Crippen molar-refractivity contribution in [3.63, 3.8) is 0 Å². The van der Waals surface area contributed by atoms with E-state index < -0.39 is 0 Å². The lowest BCUT2D eigenvalue weighted by molar-refractivity contribution is -0.643. The number of hydrogen-bond acceptors (Lipinski definition) is 2. The molecule has 2 nitrogen and oxygen atoms in total. The van der Waals surface area contributed by atoms with Gasteiger partial charge < -0.3 is 5.11 Å². The maximum Gasteiger partial charge on any atom is 0.238 e. The Morgan fingerprint density at radius 3 is 2.55 bits per heavy atom. The molecule has 0 radical (unpaired) electrons. The summed E-state index contributed by atoms with van der Waals surface area (Å²) in [7, 11) is 0. The SMILES string of the molecule is CCC(C)[n+]1sc2ccccc2c1-c1ccccc1O. The third-order valence-corrected chi connectivity index (χ3v) is 5.00. The number of hydrogen-bond donors (Lipinski definition) is 1. The van der Waals surface area contributed by atoms with Crippen LogP contribution in [-0.2, 0) is 0 Å². The summed E-state index contributed by atoms with van der Waals surface area (Å²) in [6.07, 6.45) is 1.07. The number of benzene rings is 2. The van der Waals surface area contributed by atoms with Crippen LogP contribution in [0.3, 0.4) is 0 Å². The summed E-state index contributed by atoms with van der Waals surface area (Å²) in [5, 5.41) is 11.4. The number of para-hydroxylation sites is 1. The molecule has 2 aromatic carbocycles. The second kappa shape index (κ2) is 5.25. The van der Waals surface area contributed by atoms with Crippen LogP contribution >= 0.6 is 11.5 Å². The van der Waals surface area contributed by atoms with Gasteiger partial charge in [-0.3, -0.25) is 0 Å². The topological polar surface area (TPSA) is 24.1 Å². The van der Waals surface area contributed by atoms with E-state index in [0.717, 1.165) is 17.7 Å². The van der Waals surface area contributed by atoms with Gasteiger partial charge in [0.05, 0.1) is 10.9 Å². The first-order chi connectivity index (χ1) is 9.72. The summed E-state index contributed by atoms with van der Waals surface area (Å²) in [6, 6.07) is 16.4. The minimum atomic E-state index is 0.341. The first-order valence-electron chi connectivity index (χ1n) is 6.94. The van der Waals surface area contributed by atoms with Crippen LogP contribution < -0.4 is 3.96 Å². The molecule has 1 heterocycles. The van der Waals surface area contributed by atoms with Crippen molar-refractivity contribution in [3.8, 4) is 17.0 Å². The lowest BCUT2D eigenvalue weighted by Crippen LogP contribution is -2.34. The Kier molecular flexibility index (Phi) is 3.45. The predicted molar refractivity (Wildman–Crippen MR) is 84.1 cm³/mol. The third-order valence-electron chi connectivity index (χ3n) is 3.71. The molecule has 0 aliphatic rings. The summed E-state index contributed by atoms with van der Waals surface area (Å²) in [5.74, 6) is 0.341. The van der Waals surface area contributed by atoms with Gasteiger partial charge in [0.15, 0.2) is 6.04 Å². The third kappa shape index (κ3) is 2.08. The molecule has 1 atom stereocenters. The standard InChI is InChI=1S/C17H17NOS/c1-3-12(2)18-17(13-8-4-6-10-15(13)19)14-9-5-7-11-16(14)20-18/h4-12H,3H2,1-2H3/p+1. The van der Waals surface area contributed by atoms with E-state index in [1.54, 1.807) is 17.6 Å². The monoisotopic (exact) mass is 284 g/mol. The molecule has 20 heavy (non-hydrogen) atoms. The highest BCUT2D eigenvalue weighted by Gasteiger charge is 2.27. The highest BCUT2D eigenvalue weighted by atomic mass is 32.1. The van der Waals surface area contributed by atoms with E-state index in [0.29, 0.717) is 11.8 Å². The summed E-state index contributed by atoms with van der Waals surface area (Å²) in [5.41, 5.74) is 2.03. The largest absolute Gasteiger partial charge is 0.507 e. The van der Waals surface area contributed by atoms with Crippen molar-refractivity contribution in [2.24, 2.45) is 0 Å². The van der Waals surface area contributed by atoms with Gasteiger partial charge in [-0.1, -0.05) is 31.2 Å². The summed E-state index contributed by atoms with van der Waals surface area (Å²) >= 11 is 1.77. The number of aromatic hydroxyl groups is 1. The molecule has 0 fully saturated rings. The van der Waals surface area contributed by atoms with E-state index in [1.807, 2.05) is 18.2 Å². The van der Waals surface area contributed by atoms with Crippen LogP contribution in [0.25, 0.3) is 21.3 Å². The van der Waals surface area contributed by atoms with Crippen LogP contribution in [0.4, 0.5) is 0 Å². The number of nitrogens with zero attached hydrogens (tertiary/aromatic N) is 1. The van der Waals surface area contributed by atoms with Crippen molar-refractivity contribution in [2.75, 3.05) is 0 Å². The normalized spacial score (nSPS) is 12.7. The second-order valence-electron chi connectivity index (χ2n) is 5.04. The maximum atomic E-state index is 10.2. The lowest BCUT2D eigenvalue weighted by Gasteiger charge is -2.05. The summed E-state index contributed by atoms with van der Waals surface area (Å²) < 4.78 is 3.57. The van der Waals surface area contributed by atoms with E-state index in [-0.39, 0.29) is 0 Å². The Morgan fingerprint density at radius 1 is 1.10 bits per heavy atom. The van der Waals surface area contributed by atoms with Gasteiger partial charge in [-0.15, -0.1) is 3.96 Å². The molecule has 3 heteroatoms. The highest BCUT2D eigenvalue weighted by Crippen LogP contribution is 2.35. The number of fused-ring (bicyclic) bond motifs is 1. The molecule has 0 aliphatic carbocycles. The molecule has 1 N–H and O–H groups in total. The van der Waals surface area contributed by atoms with Crippen molar-refractivity contribution in [1.82, 2.24) is 0 Å². The smallest absolute Gasteiger partial charge is 0.238 e. The molecular weight excluding hydrogens is 266 g/mol. The molecule has 3 rings (SSSR count). The van der Waals surface area contributed by atoms with E-state index >= 15 is 0 Å². The van der Waals surface area contributed by atoms with Gasteiger partial charge in [-0.2, -0.15) is 0 Å². The van der Waals surface area contributed by atoms with Gasteiger partial charge in [0, 0.05) is 6.42 Å². The molecule has 1 aromatic heterocycles. The quantitative estimate of drug-likeness (QED) is 0.702. The van der Waals surface area contributed by atoms with Gasteiger partial charge >= 0.3 is 0 Å². The lowest BCUT2D eigenvalue weighted by atomic mass is 10.1. The number of phenols is 1. The minimum Gasteiger partial charge on any atom is -0.507 e. The highest BCUT2D eigenvalue weighted by molar-refractivity contribution is 7.09. The van der Waals surface area contributed by atoms with Crippen LogP contribution in [-0.4, -0.2) is 5.11 Å². The Balaban J connectivity index is 2.35. The predicted octanol–water partition coefficient (Wildman–Crippen LogP) is 4.53. The Hall–Kier alpha value is -1.87. The molecule has 0 saturated carbocycles. The van der Waals surface area contributed by atoms with Crippen molar-refractivity contribution < 1.29 is 9.06 Å². The van der Waals surface area contributed by atoms with Crippen LogP contribution in [0, 0.1) is 0 Å².